The predicted molar refractivity (Wildman–Crippen MR) is 206 cm³/mol. The number of benzene rings is 3. The number of aromatic hydroxyl groups is 1. The zero-order valence-corrected chi connectivity index (χ0v) is 29.4. The molecular weight excluding hydrogens is 643 g/mol. The Balaban J connectivity index is 1.28. The van der Waals surface area contributed by atoms with Gasteiger partial charge in [-0.1, -0.05) is 88.2 Å². The van der Waals surface area contributed by atoms with Crippen molar-refractivity contribution in [1.29, 1.82) is 5.26 Å². The van der Waals surface area contributed by atoms with Gasteiger partial charge in [-0.3, -0.25) is 9.36 Å². The smallest absolute Gasteiger partial charge is 0.261 e. The molecule has 3 aromatic carbocycles. The van der Waals surface area contributed by atoms with Gasteiger partial charge < -0.3 is 10.0 Å². The van der Waals surface area contributed by atoms with E-state index >= 15 is 0 Å². The highest BCUT2D eigenvalue weighted by atomic mass is 32.1. The van der Waals surface area contributed by atoms with E-state index in [1.54, 1.807) is 28.7 Å². The van der Waals surface area contributed by atoms with Crippen LogP contribution >= 0.6 is 22.7 Å². The van der Waals surface area contributed by atoms with Gasteiger partial charge in [-0.25, -0.2) is 0 Å². The van der Waals surface area contributed by atoms with E-state index in [0.717, 1.165) is 62.9 Å². The molecule has 0 spiro atoms. The van der Waals surface area contributed by atoms with Crippen LogP contribution in [0.15, 0.2) is 114 Å². The number of hydrogen-bond donors (Lipinski definition) is 1. The Bertz CT molecular complexity index is 2210. The molecule has 246 valence electrons. The molecule has 6 aromatic rings. The Morgan fingerprint density at radius 3 is 2.04 bits per heavy atom. The summed E-state index contributed by atoms with van der Waals surface area (Å²) in [4.78, 5) is 20.2. The van der Waals surface area contributed by atoms with Crippen LogP contribution in [0.2, 0.25) is 0 Å². The summed E-state index contributed by atoms with van der Waals surface area (Å²) in [5.74, 6) is -0.0497. The van der Waals surface area contributed by atoms with Crippen LogP contribution in [-0.2, 0) is 6.54 Å². The Labute approximate surface area is 295 Å². The number of unbranched alkanes of at least 4 members (excludes halogenated alkanes) is 1. The molecule has 0 radical (unpaired) electrons. The first kappa shape index (κ1) is 33.7. The minimum atomic E-state index is -0.314. The lowest BCUT2D eigenvalue weighted by atomic mass is 9.99. The van der Waals surface area contributed by atoms with Gasteiger partial charge in [0.25, 0.3) is 5.56 Å². The van der Waals surface area contributed by atoms with E-state index in [1.807, 2.05) is 18.2 Å². The Morgan fingerprint density at radius 2 is 1.43 bits per heavy atom. The third-order valence-corrected chi connectivity index (χ3v) is 11.2. The quantitative estimate of drug-likeness (QED) is 0.140. The van der Waals surface area contributed by atoms with E-state index in [4.69, 9.17) is 0 Å². The molecule has 0 aliphatic rings. The molecule has 3 aromatic heterocycles. The molecule has 0 aliphatic heterocycles. The molecule has 49 heavy (non-hydrogen) atoms. The summed E-state index contributed by atoms with van der Waals surface area (Å²) in [6, 6.07) is 39.8. The number of rotatable bonds is 12. The number of hydrogen-bond acceptors (Lipinski definition) is 6. The number of thiophene rings is 2. The standard InChI is InChI=1S/C42H39N3O2S2/c1-4-6-13-30(5-2)28-44-41(46)36(29(3)37(27-43)42(44)47)26-35-22-23-39(48-35)40-25-24-38(49-40)31-18-20-34(21-19-31)45(32-14-9-7-10-15-32)33-16-11-8-12-17-33/h7-12,14-26,30,47H,3-6,13,28H2,1-2H3. The largest absolute Gasteiger partial charge is 0.493 e. The number of nitriles is 1. The van der Waals surface area contributed by atoms with Gasteiger partial charge in [0.2, 0.25) is 5.88 Å². The highest BCUT2D eigenvalue weighted by molar-refractivity contribution is 7.24. The number of anilines is 3. The van der Waals surface area contributed by atoms with E-state index in [2.05, 4.69) is 122 Å². The summed E-state index contributed by atoms with van der Waals surface area (Å²) < 4.78 is 1.37. The summed E-state index contributed by atoms with van der Waals surface area (Å²) >= 11 is 3.32. The van der Waals surface area contributed by atoms with Gasteiger partial charge in [0, 0.05) is 53.6 Å². The Kier molecular flexibility index (Phi) is 10.6. The fourth-order valence-electron chi connectivity index (χ4n) is 6.09. The highest BCUT2D eigenvalue weighted by Gasteiger charge is 2.18. The summed E-state index contributed by atoms with van der Waals surface area (Å²) in [6.45, 7) is 8.65. The van der Waals surface area contributed by atoms with Gasteiger partial charge in [0.15, 0.2) is 0 Å². The van der Waals surface area contributed by atoms with E-state index in [-0.39, 0.29) is 28.1 Å². The van der Waals surface area contributed by atoms with Crippen molar-refractivity contribution in [3.8, 4) is 32.1 Å². The maximum Gasteiger partial charge on any atom is 0.261 e. The monoisotopic (exact) mass is 681 g/mol. The Morgan fingerprint density at radius 1 is 0.837 bits per heavy atom. The molecule has 1 atom stereocenters. The van der Waals surface area contributed by atoms with Crippen molar-refractivity contribution < 1.29 is 5.11 Å². The molecule has 0 aliphatic carbocycles. The molecule has 1 N–H and O–H groups in total. The fraction of sp³-hybridized carbons (Fsp3) is 0.190. The maximum absolute atomic E-state index is 13.7. The summed E-state index contributed by atoms with van der Waals surface area (Å²) in [5.41, 5.74) is 4.17. The van der Waals surface area contributed by atoms with Gasteiger partial charge in [-0.05, 0) is 84.6 Å². The highest BCUT2D eigenvalue weighted by Crippen LogP contribution is 2.40. The van der Waals surface area contributed by atoms with Gasteiger partial charge in [-0.15, -0.1) is 22.7 Å². The average molecular weight is 682 g/mol. The van der Waals surface area contributed by atoms with E-state index in [0.29, 0.717) is 11.8 Å². The normalized spacial score (nSPS) is 12.1. The van der Waals surface area contributed by atoms with Gasteiger partial charge in [0.05, 0.1) is 0 Å². The second-order valence-corrected chi connectivity index (χ2v) is 14.3. The van der Waals surface area contributed by atoms with Crippen LogP contribution < -0.4 is 20.9 Å². The van der Waals surface area contributed by atoms with Crippen molar-refractivity contribution in [1.82, 2.24) is 4.57 Å². The minimum absolute atomic E-state index is 0.0533. The fourth-order valence-corrected chi connectivity index (χ4v) is 8.15. The van der Waals surface area contributed by atoms with Gasteiger partial charge in [-0.2, -0.15) is 5.26 Å². The first-order chi connectivity index (χ1) is 23.9. The van der Waals surface area contributed by atoms with Crippen LogP contribution in [0.5, 0.6) is 5.88 Å². The molecule has 1 unspecified atom stereocenters. The van der Waals surface area contributed by atoms with E-state index < -0.39 is 0 Å². The van der Waals surface area contributed by atoms with Crippen molar-refractivity contribution in [2.75, 3.05) is 4.90 Å². The van der Waals surface area contributed by atoms with Crippen molar-refractivity contribution in [3.05, 3.63) is 140 Å². The van der Waals surface area contributed by atoms with Crippen LogP contribution in [0.3, 0.4) is 0 Å². The molecule has 0 saturated heterocycles. The van der Waals surface area contributed by atoms with Gasteiger partial charge in [0.1, 0.15) is 11.6 Å². The number of nitrogens with zero attached hydrogens (tertiary/aromatic N) is 3. The van der Waals surface area contributed by atoms with Crippen molar-refractivity contribution in [2.24, 2.45) is 5.92 Å². The molecule has 5 nitrogen and oxygen atoms in total. The number of pyridine rings is 1. The van der Waals surface area contributed by atoms with Crippen LogP contribution in [0, 0.1) is 17.2 Å². The van der Waals surface area contributed by atoms with Gasteiger partial charge >= 0.3 is 0 Å². The van der Waals surface area contributed by atoms with E-state index in [9.17, 15) is 15.2 Å². The number of para-hydroxylation sites is 2. The van der Waals surface area contributed by atoms with Crippen molar-refractivity contribution in [3.63, 3.8) is 0 Å². The lowest BCUT2D eigenvalue weighted by Crippen LogP contribution is -2.46. The molecule has 6 rings (SSSR count). The number of aromatic nitrogens is 1. The summed E-state index contributed by atoms with van der Waals surface area (Å²) in [5, 5.41) is 21.4. The summed E-state index contributed by atoms with van der Waals surface area (Å²) in [7, 11) is 0. The lowest BCUT2D eigenvalue weighted by molar-refractivity contribution is 0.338. The molecule has 7 heteroatoms. The van der Waals surface area contributed by atoms with Crippen LogP contribution in [0.4, 0.5) is 17.1 Å². The molecule has 0 saturated carbocycles. The minimum Gasteiger partial charge on any atom is -0.493 e. The second kappa shape index (κ2) is 15.4. The SMILES string of the molecule is C=c1c(C#N)c(O)n(CC(CC)CCCC)c(=O)c1=Cc1ccc(-c2ccc(-c3ccc(N(c4ccccc4)c4ccccc4)cc3)s2)s1. The first-order valence-electron chi connectivity index (χ1n) is 16.7. The zero-order valence-electron chi connectivity index (χ0n) is 27.8. The third kappa shape index (κ3) is 7.31. The van der Waals surface area contributed by atoms with E-state index in [1.165, 1.54) is 9.44 Å². The van der Waals surface area contributed by atoms with Crippen LogP contribution in [-0.4, -0.2) is 9.67 Å². The predicted octanol–water partition coefficient (Wildman–Crippen LogP) is 9.81. The molecule has 0 fully saturated rings. The summed E-state index contributed by atoms with van der Waals surface area (Å²) in [6.07, 6.45) is 5.78. The topological polar surface area (TPSA) is 69.3 Å². The zero-order chi connectivity index (χ0) is 34.3. The van der Waals surface area contributed by atoms with Crippen molar-refractivity contribution >= 4 is 52.4 Å². The van der Waals surface area contributed by atoms with Crippen LogP contribution in [0.1, 0.15) is 50.0 Å². The molecule has 0 amide bonds. The molecule has 0 bridgehead atoms. The average Bonchev–Trinajstić information content (AvgIpc) is 3.82. The van der Waals surface area contributed by atoms with Crippen molar-refractivity contribution in [2.45, 2.75) is 46.1 Å². The lowest BCUT2D eigenvalue weighted by Gasteiger charge is -2.25. The second-order valence-electron chi connectivity index (χ2n) is 12.1. The Hall–Kier alpha value is -5.16. The third-order valence-electron chi connectivity index (χ3n) is 8.88. The maximum atomic E-state index is 13.7. The van der Waals surface area contributed by atoms with Crippen LogP contribution in [0.25, 0.3) is 32.8 Å². The molecule has 3 heterocycles. The first-order valence-corrected chi connectivity index (χ1v) is 18.3. The molecular formula is C42H39N3O2S2.